The van der Waals surface area contributed by atoms with Gasteiger partial charge in [0.15, 0.2) is 0 Å². The highest BCUT2D eigenvalue weighted by Crippen LogP contribution is 2.25. The monoisotopic (exact) mass is 331 g/mol. The van der Waals surface area contributed by atoms with Crippen LogP contribution in [0.25, 0.3) is 28.5 Å². The van der Waals surface area contributed by atoms with E-state index in [2.05, 4.69) is 49.4 Å². The molecule has 0 saturated carbocycles. The van der Waals surface area contributed by atoms with Gasteiger partial charge in [-0.1, -0.05) is 49.4 Å². The van der Waals surface area contributed by atoms with Gasteiger partial charge in [0.1, 0.15) is 0 Å². The molecule has 0 N–H and O–H groups in total. The second kappa shape index (κ2) is 5.99. The SMILES string of the molecule is CC(=CC1=CC(C)C=c2c1ccc1c3c(ccc21)CCCC=3)[N+](=O)[O-]. The summed E-state index contributed by atoms with van der Waals surface area (Å²) in [4.78, 5) is 10.7. The maximum absolute atomic E-state index is 11.0. The number of nitro groups is 1. The van der Waals surface area contributed by atoms with E-state index >= 15 is 0 Å². The molecule has 0 fully saturated rings. The summed E-state index contributed by atoms with van der Waals surface area (Å²) in [5.41, 5.74) is 3.64. The fourth-order valence-corrected chi connectivity index (χ4v) is 4.01. The highest BCUT2D eigenvalue weighted by molar-refractivity contribution is 5.92. The van der Waals surface area contributed by atoms with E-state index in [-0.39, 0.29) is 16.5 Å². The Morgan fingerprint density at radius 2 is 1.92 bits per heavy atom. The van der Waals surface area contributed by atoms with Crippen LogP contribution in [0.3, 0.4) is 0 Å². The van der Waals surface area contributed by atoms with Crippen LogP contribution in [0.4, 0.5) is 0 Å². The summed E-state index contributed by atoms with van der Waals surface area (Å²) in [5, 5.41) is 16.2. The first kappa shape index (κ1) is 15.8. The summed E-state index contributed by atoms with van der Waals surface area (Å²) in [6, 6.07) is 8.78. The van der Waals surface area contributed by atoms with E-state index < -0.39 is 0 Å². The minimum absolute atomic E-state index is 0.171. The number of hydrogen-bond acceptors (Lipinski definition) is 2. The van der Waals surface area contributed by atoms with Crippen molar-refractivity contribution in [2.24, 2.45) is 5.92 Å². The number of allylic oxidation sites excluding steroid dienone is 4. The molecular formula is C22H21NO2. The third-order valence-electron chi connectivity index (χ3n) is 5.21. The third-order valence-corrected chi connectivity index (χ3v) is 5.21. The highest BCUT2D eigenvalue weighted by atomic mass is 16.6. The Bertz CT molecular complexity index is 1070. The highest BCUT2D eigenvalue weighted by Gasteiger charge is 2.15. The molecule has 0 heterocycles. The minimum atomic E-state index is -0.324. The standard InChI is InChI=1S/C22H21NO2/c1-14-11-17(13-15(2)23(24)25)19-9-10-20-18-6-4-3-5-16(18)7-8-21(20)22(19)12-14/h6-14H,3-5H2,1-2H3. The van der Waals surface area contributed by atoms with Gasteiger partial charge in [0.05, 0.1) is 4.92 Å². The van der Waals surface area contributed by atoms with Gasteiger partial charge in [0.25, 0.3) is 0 Å². The maximum Gasteiger partial charge on any atom is 0.243 e. The van der Waals surface area contributed by atoms with Crippen LogP contribution >= 0.6 is 0 Å². The number of benzene rings is 2. The average Bonchev–Trinajstić information content (AvgIpc) is 2.60. The van der Waals surface area contributed by atoms with Crippen molar-refractivity contribution in [2.45, 2.75) is 33.1 Å². The van der Waals surface area contributed by atoms with Crippen molar-refractivity contribution in [3.63, 3.8) is 0 Å². The Balaban J connectivity index is 2.00. The summed E-state index contributed by atoms with van der Waals surface area (Å²) in [6.07, 6.45) is 11.9. The number of hydrogen-bond donors (Lipinski definition) is 0. The molecule has 1 unspecified atom stereocenters. The first-order valence-electron chi connectivity index (χ1n) is 8.86. The maximum atomic E-state index is 11.0. The number of rotatable bonds is 2. The van der Waals surface area contributed by atoms with Gasteiger partial charge >= 0.3 is 0 Å². The number of nitrogens with zero attached hydrogens (tertiary/aromatic N) is 1. The summed E-state index contributed by atoms with van der Waals surface area (Å²) >= 11 is 0. The molecule has 1 atom stereocenters. The summed E-state index contributed by atoms with van der Waals surface area (Å²) in [7, 11) is 0. The second-order valence-electron chi connectivity index (χ2n) is 7.05. The first-order valence-corrected chi connectivity index (χ1v) is 8.86. The quantitative estimate of drug-likeness (QED) is 0.618. The van der Waals surface area contributed by atoms with Gasteiger partial charge in [-0.25, -0.2) is 0 Å². The fraction of sp³-hybridized carbons (Fsp3) is 0.273. The zero-order valence-electron chi connectivity index (χ0n) is 14.6. The van der Waals surface area contributed by atoms with Crippen molar-refractivity contribution in [3.8, 4) is 0 Å². The van der Waals surface area contributed by atoms with Gasteiger partial charge in [0.2, 0.25) is 5.70 Å². The van der Waals surface area contributed by atoms with Crippen LogP contribution in [-0.2, 0) is 6.42 Å². The molecule has 126 valence electrons. The van der Waals surface area contributed by atoms with E-state index in [1.807, 2.05) is 0 Å². The molecule has 0 radical (unpaired) electrons. The summed E-state index contributed by atoms with van der Waals surface area (Å²) in [6.45, 7) is 3.68. The van der Waals surface area contributed by atoms with Crippen LogP contribution in [-0.4, -0.2) is 4.92 Å². The van der Waals surface area contributed by atoms with Crippen LogP contribution < -0.4 is 10.4 Å². The van der Waals surface area contributed by atoms with Crippen LogP contribution in [0, 0.1) is 16.0 Å². The van der Waals surface area contributed by atoms with Crippen LogP contribution in [0.2, 0.25) is 0 Å². The van der Waals surface area contributed by atoms with Gasteiger partial charge in [-0.05, 0) is 63.1 Å². The molecule has 25 heavy (non-hydrogen) atoms. The molecule has 2 aliphatic carbocycles. The van der Waals surface area contributed by atoms with Crippen molar-refractivity contribution in [3.05, 3.63) is 73.8 Å². The number of aryl methyl sites for hydroxylation is 1. The van der Waals surface area contributed by atoms with Crippen molar-refractivity contribution >= 4 is 28.5 Å². The van der Waals surface area contributed by atoms with Gasteiger partial charge in [-0.2, -0.15) is 0 Å². The van der Waals surface area contributed by atoms with Crippen molar-refractivity contribution in [2.75, 3.05) is 0 Å². The van der Waals surface area contributed by atoms with E-state index in [4.69, 9.17) is 0 Å². The molecule has 2 aromatic rings. The zero-order valence-corrected chi connectivity index (χ0v) is 14.6. The topological polar surface area (TPSA) is 43.1 Å². The van der Waals surface area contributed by atoms with E-state index in [0.29, 0.717) is 0 Å². The van der Waals surface area contributed by atoms with Crippen molar-refractivity contribution in [1.29, 1.82) is 0 Å². The molecule has 0 bridgehead atoms. The van der Waals surface area contributed by atoms with Crippen molar-refractivity contribution in [1.82, 2.24) is 0 Å². The Morgan fingerprint density at radius 1 is 1.16 bits per heavy atom. The molecule has 0 saturated heterocycles. The van der Waals surface area contributed by atoms with Gasteiger partial charge in [-0.3, -0.25) is 10.1 Å². The molecule has 0 aliphatic heterocycles. The second-order valence-corrected chi connectivity index (χ2v) is 7.05. The lowest BCUT2D eigenvalue weighted by Gasteiger charge is -2.17. The Labute approximate surface area is 146 Å². The molecule has 0 amide bonds. The molecule has 3 nitrogen and oxygen atoms in total. The smallest absolute Gasteiger partial charge is 0.243 e. The Hall–Kier alpha value is -2.68. The normalized spacial score (nSPS) is 19.4. The van der Waals surface area contributed by atoms with Crippen LogP contribution in [0.1, 0.15) is 37.8 Å². The molecule has 3 heteroatoms. The third kappa shape index (κ3) is 2.70. The van der Waals surface area contributed by atoms with Gasteiger partial charge < -0.3 is 0 Å². The first-order chi connectivity index (χ1) is 12.0. The van der Waals surface area contributed by atoms with Crippen LogP contribution in [0.5, 0.6) is 0 Å². The molecule has 0 spiro atoms. The lowest BCUT2D eigenvalue weighted by atomic mass is 9.87. The van der Waals surface area contributed by atoms with Gasteiger partial charge in [-0.15, -0.1) is 0 Å². The molecule has 0 aromatic heterocycles. The lowest BCUT2D eigenvalue weighted by molar-refractivity contribution is -0.424. The molecule has 4 rings (SSSR count). The van der Waals surface area contributed by atoms with E-state index in [1.54, 1.807) is 13.0 Å². The van der Waals surface area contributed by atoms with Gasteiger partial charge in [0, 0.05) is 13.0 Å². The average molecular weight is 331 g/mol. The predicted octanol–water partition coefficient (Wildman–Crippen LogP) is 3.95. The Morgan fingerprint density at radius 3 is 2.72 bits per heavy atom. The van der Waals surface area contributed by atoms with E-state index in [9.17, 15) is 10.1 Å². The zero-order chi connectivity index (χ0) is 17.6. The molecule has 2 aliphatic rings. The summed E-state index contributed by atoms with van der Waals surface area (Å²) in [5.74, 6) is 0.254. The fourth-order valence-electron chi connectivity index (χ4n) is 4.01. The number of fused-ring (bicyclic) bond motifs is 5. The summed E-state index contributed by atoms with van der Waals surface area (Å²) < 4.78 is 0. The van der Waals surface area contributed by atoms with Crippen LogP contribution in [0.15, 0.2) is 42.1 Å². The van der Waals surface area contributed by atoms with E-state index in [1.165, 1.54) is 33.2 Å². The minimum Gasteiger partial charge on any atom is -0.259 e. The largest absolute Gasteiger partial charge is 0.259 e. The van der Waals surface area contributed by atoms with Crippen molar-refractivity contribution < 1.29 is 4.92 Å². The van der Waals surface area contributed by atoms with E-state index in [0.717, 1.165) is 24.0 Å². The molecule has 2 aromatic carbocycles. The lowest BCUT2D eigenvalue weighted by Crippen LogP contribution is -2.21. The Kier molecular flexibility index (Phi) is 3.79. The molecular weight excluding hydrogens is 310 g/mol. The predicted molar refractivity (Wildman–Crippen MR) is 103 cm³/mol.